The van der Waals surface area contributed by atoms with Crippen molar-refractivity contribution in [2.45, 2.75) is 26.1 Å². The van der Waals surface area contributed by atoms with Gasteiger partial charge in [-0.25, -0.2) is 0 Å². The first-order valence-corrected chi connectivity index (χ1v) is 9.80. The summed E-state index contributed by atoms with van der Waals surface area (Å²) in [7, 11) is 0. The Kier molecular flexibility index (Phi) is 5.87. The lowest BCUT2D eigenvalue weighted by atomic mass is 10.1. The van der Waals surface area contributed by atoms with Crippen LogP contribution in [-0.2, 0) is 17.8 Å². The topological polar surface area (TPSA) is 33.7 Å². The van der Waals surface area contributed by atoms with Gasteiger partial charge < -0.3 is 14.8 Å². The highest BCUT2D eigenvalue weighted by Gasteiger charge is 2.16. The first-order chi connectivity index (χ1) is 13.3. The fourth-order valence-electron chi connectivity index (χ4n) is 3.76. The van der Waals surface area contributed by atoms with Crippen molar-refractivity contribution >= 4 is 6.08 Å². The molecule has 4 rings (SSSR count). The minimum absolute atomic E-state index is 0.333. The van der Waals surface area contributed by atoms with Crippen molar-refractivity contribution in [3.05, 3.63) is 70.8 Å². The maximum atomic E-state index is 5.83. The molecule has 4 nitrogen and oxygen atoms in total. The first-order valence-electron chi connectivity index (χ1n) is 9.80. The molecule has 1 unspecified atom stereocenters. The third-order valence-corrected chi connectivity index (χ3v) is 5.10. The van der Waals surface area contributed by atoms with Crippen molar-refractivity contribution in [1.29, 1.82) is 0 Å². The monoisotopic (exact) mass is 364 g/mol. The van der Waals surface area contributed by atoms with Gasteiger partial charge in [-0.1, -0.05) is 42.5 Å². The second-order valence-corrected chi connectivity index (χ2v) is 7.47. The van der Waals surface area contributed by atoms with E-state index in [1.807, 2.05) is 12.1 Å². The van der Waals surface area contributed by atoms with Gasteiger partial charge >= 0.3 is 0 Å². The van der Waals surface area contributed by atoms with Gasteiger partial charge in [0.1, 0.15) is 12.4 Å². The molecule has 0 amide bonds. The Balaban J connectivity index is 1.29. The molecule has 2 aliphatic rings. The molecule has 1 atom stereocenters. The third kappa shape index (κ3) is 4.98. The summed E-state index contributed by atoms with van der Waals surface area (Å²) in [4.78, 5) is 2.47. The third-order valence-electron chi connectivity index (χ3n) is 5.10. The molecule has 0 saturated carbocycles. The zero-order valence-electron chi connectivity index (χ0n) is 16.0. The summed E-state index contributed by atoms with van der Waals surface area (Å²) in [5, 5.41) is 3.56. The van der Waals surface area contributed by atoms with E-state index >= 15 is 0 Å². The highest BCUT2D eigenvalue weighted by molar-refractivity contribution is 5.62. The summed E-state index contributed by atoms with van der Waals surface area (Å²) in [5.41, 5.74) is 5.15. The second kappa shape index (κ2) is 8.70. The van der Waals surface area contributed by atoms with Crippen molar-refractivity contribution in [2.24, 2.45) is 0 Å². The van der Waals surface area contributed by atoms with Gasteiger partial charge in [0.05, 0.1) is 12.7 Å². The van der Waals surface area contributed by atoms with Crippen LogP contribution < -0.4 is 10.1 Å². The van der Waals surface area contributed by atoms with E-state index in [2.05, 4.69) is 59.6 Å². The Morgan fingerprint density at radius 2 is 1.96 bits per heavy atom. The highest BCUT2D eigenvalue weighted by atomic mass is 16.5. The maximum absolute atomic E-state index is 5.83. The van der Waals surface area contributed by atoms with Crippen LogP contribution >= 0.6 is 0 Å². The zero-order chi connectivity index (χ0) is 18.5. The molecule has 0 aliphatic carbocycles. The standard InChI is InChI=1S/C23H28N2O2/c1-18-15-25(9-10-26-18)16-20-6-4-5-19(11-20)13-24-14-21-12-22-7-2-3-8-23(22)27-17-21/h2-8,11-12,18,24H,9-10,13-17H2,1H3. The normalized spacial score (nSPS) is 19.9. The molecule has 2 aromatic carbocycles. The van der Waals surface area contributed by atoms with Gasteiger partial charge in [0, 0.05) is 38.3 Å². The summed E-state index contributed by atoms with van der Waals surface area (Å²) in [6, 6.07) is 17.1. The van der Waals surface area contributed by atoms with E-state index < -0.39 is 0 Å². The lowest BCUT2D eigenvalue weighted by molar-refractivity contribution is -0.0212. The Labute approximate surface area is 161 Å². The fraction of sp³-hybridized carbons (Fsp3) is 0.391. The lowest BCUT2D eigenvalue weighted by Gasteiger charge is -2.31. The highest BCUT2D eigenvalue weighted by Crippen LogP contribution is 2.25. The van der Waals surface area contributed by atoms with E-state index in [1.54, 1.807) is 0 Å². The van der Waals surface area contributed by atoms with Crippen molar-refractivity contribution in [1.82, 2.24) is 10.2 Å². The van der Waals surface area contributed by atoms with E-state index in [9.17, 15) is 0 Å². The maximum Gasteiger partial charge on any atom is 0.127 e. The number of para-hydroxylation sites is 1. The molecule has 0 bridgehead atoms. The molecular formula is C23H28N2O2. The van der Waals surface area contributed by atoms with Crippen LogP contribution in [0.2, 0.25) is 0 Å². The van der Waals surface area contributed by atoms with Crippen LogP contribution in [0.3, 0.4) is 0 Å². The van der Waals surface area contributed by atoms with E-state index in [0.717, 1.165) is 45.1 Å². The quantitative estimate of drug-likeness (QED) is 0.851. The number of morpholine rings is 1. The van der Waals surface area contributed by atoms with E-state index in [4.69, 9.17) is 9.47 Å². The number of rotatable bonds is 6. The van der Waals surface area contributed by atoms with Crippen LogP contribution in [0.25, 0.3) is 6.08 Å². The molecular weight excluding hydrogens is 336 g/mol. The van der Waals surface area contributed by atoms with Crippen LogP contribution in [0.15, 0.2) is 54.1 Å². The van der Waals surface area contributed by atoms with Crippen molar-refractivity contribution in [2.75, 3.05) is 32.8 Å². The number of benzene rings is 2. The van der Waals surface area contributed by atoms with Gasteiger partial charge in [-0.05, 0) is 35.8 Å². The Morgan fingerprint density at radius 3 is 2.89 bits per heavy atom. The van der Waals surface area contributed by atoms with Crippen LogP contribution in [-0.4, -0.2) is 43.9 Å². The molecule has 4 heteroatoms. The Bertz CT molecular complexity index is 802. The van der Waals surface area contributed by atoms with E-state index in [-0.39, 0.29) is 0 Å². The van der Waals surface area contributed by atoms with Crippen LogP contribution in [0, 0.1) is 0 Å². The molecule has 2 aliphatic heterocycles. The summed E-state index contributed by atoms with van der Waals surface area (Å²) < 4.78 is 11.5. The van der Waals surface area contributed by atoms with Crippen molar-refractivity contribution in [3.8, 4) is 5.75 Å². The number of nitrogens with zero attached hydrogens (tertiary/aromatic N) is 1. The van der Waals surface area contributed by atoms with Gasteiger partial charge in [-0.3, -0.25) is 4.90 Å². The molecule has 27 heavy (non-hydrogen) atoms. The fourth-order valence-corrected chi connectivity index (χ4v) is 3.76. The molecule has 1 saturated heterocycles. The number of nitrogens with one attached hydrogen (secondary N) is 1. The Hall–Kier alpha value is -2.14. The molecule has 1 N–H and O–H groups in total. The average Bonchev–Trinajstić information content (AvgIpc) is 2.68. The van der Waals surface area contributed by atoms with Crippen molar-refractivity contribution in [3.63, 3.8) is 0 Å². The molecule has 0 aromatic heterocycles. The SMILES string of the molecule is CC1CN(Cc2cccc(CNCC3=Cc4ccccc4OC3)c2)CCO1. The summed E-state index contributed by atoms with van der Waals surface area (Å²) in [6.07, 6.45) is 2.57. The smallest absolute Gasteiger partial charge is 0.127 e. The predicted molar refractivity (Wildman–Crippen MR) is 109 cm³/mol. The minimum atomic E-state index is 0.333. The molecule has 1 fully saturated rings. The van der Waals surface area contributed by atoms with Crippen LogP contribution in [0.1, 0.15) is 23.6 Å². The van der Waals surface area contributed by atoms with Crippen LogP contribution in [0.4, 0.5) is 0 Å². The molecule has 2 aromatic rings. The van der Waals surface area contributed by atoms with Gasteiger partial charge in [-0.2, -0.15) is 0 Å². The van der Waals surface area contributed by atoms with Gasteiger partial charge in [-0.15, -0.1) is 0 Å². The average molecular weight is 364 g/mol. The zero-order valence-corrected chi connectivity index (χ0v) is 16.0. The minimum Gasteiger partial charge on any atom is -0.489 e. The lowest BCUT2D eigenvalue weighted by Crippen LogP contribution is -2.40. The van der Waals surface area contributed by atoms with E-state index in [1.165, 1.54) is 22.3 Å². The molecule has 2 heterocycles. The van der Waals surface area contributed by atoms with Crippen LogP contribution in [0.5, 0.6) is 5.75 Å². The second-order valence-electron chi connectivity index (χ2n) is 7.47. The van der Waals surface area contributed by atoms with Gasteiger partial charge in [0.25, 0.3) is 0 Å². The molecule has 0 radical (unpaired) electrons. The van der Waals surface area contributed by atoms with Gasteiger partial charge in [0.15, 0.2) is 0 Å². The van der Waals surface area contributed by atoms with E-state index in [0.29, 0.717) is 12.7 Å². The summed E-state index contributed by atoms with van der Waals surface area (Å²) >= 11 is 0. The predicted octanol–water partition coefficient (Wildman–Crippen LogP) is 3.47. The Morgan fingerprint density at radius 1 is 1.07 bits per heavy atom. The largest absolute Gasteiger partial charge is 0.489 e. The summed E-state index contributed by atoms with van der Waals surface area (Å²) in [5.74, 6) is 0.978. The summed E-state index contributed by atoms with van der Waals surface area (Å²) in [6.45, 7) is 8.39. The van der Waals surface area contributed by atoms with Gasteiger partial charge in [0.2, 0.25) is 0 Å². The number of ether oxygens (including phenoxy) is 2. The van der Waals surface area contributed by atoms with Crippen molar-refractivity contribution < 1.29 is 9.47 Å². The molecule has 142 valence electrons. The number of hydrogen-bond donors (Lipinski definition) is 1. The first kappa shape index (κ1) is 18.2. The number of hydrogen-bond acceptors (Lipinski definition) is 4. The molecule has 0 spiro atoms. The number of fused-ring (bicyclic) bond motifs is 1.